The van der Waals surface area contributed by atoms with Crippen molar-refractivity contribution in [3.8, 4) is 11.5 Å². The summed E-state index contributed by atoms with van der Waals surface area (Å²) in [6, 6.07) is 5.84. The molecule has 19 heavy (non-hydrogen) atoms. The summed E-state index contributed by atoms with van der Waals surface area (Å²) in [5.41, 5.74) is 1.06. The first-order valence-electron chi connectivity index (χ1n) is 6.57. The van der Waals surface area contributed by atoms with Crippen molar-refractivity contribution in [1.29, 1.82) is 0 Å². The number of nitrogens with zero attached hydrogens (tertiary/aromatic N) is 1. The summed E-state index contributed by atoms with van der Waals surface area (Å²) in [4.78, 5) is 2.29. The Morgan fingerprint density at radius 2 is 1.89 bits per heavy atom. The largest absolute Gasteiger partial charge is 0.493 e. The maximum Gasteiger partial charge on any atom is 0.161 e. The van der Waals surface area contributed by atoms with Crippen molar-refractivity contribution in [1.82, 2.24) is 10.2 Å². The number of piperazine rings is 1. The summed E-state index contributed by atoms with van der Waals surface area (Å²) >= 11 is 0. The van der Waals surface area contributed by atoms with E-state index in [0.29, 0.717) is 11.5 Å². The molecule has 1 aliphatic rings. The van der Waals surface area contributed by atoms with Crippen LogP contribution in [0.2, 0.25) is 0 Å². The van der Waals surface area contributed by atoms with Crippen molar-refractivity contribution in [3.63, 3.8) is 0 Å². The number of aliphatic hydroxyl groups is 1. The Hall–Kier alpha value is -1.30. The van der Waals surface area contributed by atoms with E-state index in [4.69, 9.17) is 9.47 Å². The first kappa shape index (κ1) is 14.1. The van der Waals surface area contributed by atoms with Crippen molar-refractivity contribution in [2.75, 3.05) is 47.0 Å². The minimum atomic E-state index is 0.0157. The Morgan fingerprint density at radius 1 is 1.21 bits per heavy atom. The van der Waals surface area contributed by atoms with Crippen LogP contribution in [0.3, 0.4) is 0 Å². The van der Waals surface area contributed by atoms with Crippen molar-refractivity contribution in [2.24, 2.45) is 0 Å². The number of hydrogen-bond donors (Lipinski definition) is 2. The fourth-order valence-corrected chi connectivity index (χ4v) is 2.49. The number of ether oxygens (including phenoxy) is 2. The van der Waals surface area contributed by atoms with Gasteiger partial charge in [0.1, 0.15) is 0 Å². The van der Waals surface area contributed by atoms with Gasteiger partial charge in [0.2, 0.25) is 0 Å². The van der Waals surface area contributed by atoms with Crippen LogP contribution in [0.1, 0.15) is 11.6 Å². The Labute approximate surface area is 114 Å². The van der Waals surface area contributed by atoms with Crippen molar-refractivity contribution in [2.45, 2.75) is 6.04 Å². The zero-order valence-corrected chi connectivity index (χ0v) is 11.6. The van der Waals surface area contributed by atoms with Gasteiger partial charge in [0, 0.05) is 26.2 Å². The molecular formula is C14H22N2O3. The second-order valence-corrected chi connectivity index (χ2v) is 4.60. The Bertz CT molecular complexity index is 406. The van der Waals surface area contributed by atoms with E-state index >= 15 is 0 Å². The molecule has 0 amide bonds. The number of rotatable bonds is 5. The molecule has 0 saturated carbocycles. The molecule has 1 aromatic carbocycles. The lowest BCUT2D eigenvalue weighted by atomic mass is 10.0. The fourth-order valence-electron chi connectivity index (χ4n) is 2.49. The van der Waals surface area contributed by atoms with Gasteiger partial charge in [-0.05, 0) is 17.7 Å². The predicted molar refractivity (Wildman–Crippen MR) is 73.8 cm³/mol. The number of benzene rings is 1. The van der Waals surface area contributed by atoms with E-state index in [9.17, 15) is 5.11 Å². The summed E-state index contributed by atoms with van der Waals surface area (Å²) in [6.45, 7) is 3.92. The highest BCUT2D eigenvalue weighted by atomic mass is 16.5. The zero-order chi connectivity index (χ0) is 13.7. The van der Waals surface area contributed by atoms with Crippen LogP contribution < -0.4 is 14.8 Å². The molecule has 1 aromatic rings. The maximum absolute atomic E-state index is 9.69. The molecule has 0 unspecified atom stereocenters. The third kappa shape index (κ3) is 3.18. The first-order valence-corrected chi connectivity index (χ1v) is 6.57. The van der Waals surface area contributed by atoms with E-state index in [0.717, 1.165) is 31.7 Å². The van der Waals surface area contributed by atoms with E-state index in [1.807, 2.05) is 18.2 Å². The van der Waals surface area contributed by atoms with Crippen molar-refractivity contribution < 1.29 is 14.6 Å². The van der Waals surface area contributed by atoms with Crippen molar-refractivity contribution in [3.05, 3.63) is 23.8 Å². The molecule has 1 atom stereocenters. The molecule has 1 saturated heterocycles. The molecule has 0 aromatic heterocycles. The minimum absolute atomic E-state index is 0.0157. The molecule has 5 nitrogen and oxygen atoms in total. The molecule has 0 radical (unpaired) electrons. The maximum atomic E-state index is 9.69. The van der Waals surface area contributed by atoms with Gasteiger partial charge < -0.3 is 19.9 Å². The lowest BCUT2D eigenvalue weighted by Gasteiger charge is -2.34. The molecule has 1 aliphatic heterocycles. The van der Waals surface area contributed by atoms with Crippen LogP contribution in [-0.2, 0) is 0 Å². The smallest absolute Gasteiger partial charge is 0.161 e. The lowest BCUT2D eigenvalue weighted by molar-refractivity contribution is 0.110. The van der Waals surface area contributed by atoms with E-state index in [1.54, 1.807) is 14.2 Å². The normalized spacial score (nSPS) is 18.1. The third-order valence-electron chi connectivity index (χ3n) is 3.56. The topological polar surface area (TPSA) is 54.0 Å². The summed E-state index contributed by atoms with van der Waals surface area (Å²) < 4.78 is 10.6. The molecule has 1 heterocycles. The summed E-state index contributed by atoms with van der Waals surface area (Å²) in [5.74, 6) is 1.41. The van der Waals surface area contributed by atoms with E-state index in [1.165, 1.54) is 0 Å². The van der Waals surface area contributed by atoms with Crippen molar-refractivity contribution >= 4 is 0 Å². The average Bonchev–Trinajstić information content (AvgIpc) is 2.49. The molecule has 2 N–H and O–H groups in total. The standard InChI is InChI=1S/C14H22N2O3/c1-18-13-4-3-11(9-14(13)19-2)12(10-17)16-7-5-15-6-8-16/h3-4,9,12,15,17H,5-8,10H2,1-2H3/t12-/m1/s1. The second kappa shape index (κ2) is 6.75. The number of hydrogen-bond acceptors (Lipinski definition) is 5. The molecule has 0 bridgehead atoms. The van der Waals surface area contributed by atoms with Gasteiger partial charge in [-0.2, -0.15) is 0 Å². The average molecular weight is 266 g/mol. The number of nitrogens with one attached hydrogen (secondary N) is 1. The van der Waals surface area contributed by atoms with Gasteiger partial charge in [-0.3, -0.25) is 4.90 Å². The van der Waals surface area contributed by atoms with Gasteiger partial charge in [-0.25, -0.2) is 0 Å². The molecular weight excluding hydrogens is 244 g/mol. The highest BCUT2D eigenvalue weighted by molar-refractivity contribution is 5.43. The van der Waals surface area contributed by atoms with Gasteiger partial charge in [0.15, 0.2) is 11.5 Å². The highest BCUT2D eigenvalue weighted by Gasteiger charge is 2.22. The van der Waals surface area contributed by atoms with Gasteiger partial charge in [0.05, 0.1) is 26.9 Å². The SMILES string of the molecule is COc1ccc([C@@H](CO)N2CCNCC2)cc1OC. The predicted octanol–water partition coefficient (Wildman–Crippen LogP) is 0.642. The molecule has 1 fully saturated rings. The Kier molecular flexibility index (Phi) is 5.01. The zero-order valence-electron chi connectivity index (χ0n) is 11.6. The Balaban J connectivity index is 2.22. The van der Waals surface area contributed by atoms with Crippen LogP contribution in [0.25, 0.3) is 0 Å². The van der Waals surface area contributed by atoms with Crippen LogP contribution in [0.5, 0.6) is 11.5 Å². The summed E-state index contributed by atoms with van der Waals surface area (Å²) in [7, 11) is 3.25. The molecule has 0 spiro atoms. The van der Waals surface area contributed by atoms with Crippen LogP contribution in [0.4, 0.5) is 0 Å². The minimum Gasteiger partial charge on any atom is -0.493 e. The lowest BCUT2D eigenvalue weighted by Crippen LogP contribution is -2.46. The number of methoxy groups -OCH3 is 2. The van der Waals surface area contributed by atoms with E-state index in [-0.39, 0.29) is 12.6 Å². The first-order chi connectivity index (χ1) is 9.30. The van der Waals surface area contributed by atoms with Crippen LogP contribution >= 0.6 is 0 Å². The van der Waals surface area contributed by atoms with Gasteiger partial charge in [-0.15, -0.1) is 0 Å². The van der Waals surface area contributed by atoms with Gasteiger partial charge >= 0.3 is 0 Å². The van der Waals surface area contributed by atoms with Crippen LogP contribution in [0, 0.1) is 0 Å². The third-order valence-corrected chi connectivity index (χ3v) is 3.56. The Morgan fingerprint density at radius 3 is 2.47 bits per heavy atom. The summed E-state index contributed by atoms with van der Waals surface area (Å²) in [6.07, 6.45) is 0. The monoisotopic (exact) mass is 266 g/mol. The second-order valence-electron chi connectivity index (χ2n) is 4.60. The van der Waals surface area contributed by atoms with Gasteiger partial charge in [0.25, 0.3) is 0 Å². The van der Waals surface area contributed by atoms with Gasteiger partial charge in [-0.1, -0.05) is 6.07 Å². The van der Waals surface area contributed by atoms with E-state index < -0.39 is 0 Å². The molecule has 5 heteroatoms. The molecule has 2 rings (SSSR count). The molecule has 0 aliphatic carbocycles. The number of aliphatic hydroxyl groups excluding tert-OH is 1. The highest BCUT2D eigenvalue weighted by Crippen LogP contribution is 2.31. The summed E-state index contributed by atoms with van der Waals surface area (Å²) in [5, 5.41) is 13.0. The molecule has 106 valence electrons. The quantitative estimate of drug-likeness (QED) is 0.819. The van der Waals surface area contributed by atoms with E-state index in [2.05, 4.69) is 10.2 Å². The fraction of sp³-hybridized carbons (Fsp3) is 0.571. The van der Waals surface area contributed by atoms with Crippen LogP contribution in [0.15, 0.2) is 18.2 Å². The van der Waals surface area contributed by atoms with Crippen LogP contribution in [-0.4, -0.2) is 57.0 Å².